The summed E-state index contributed by atoms with van der Waals surface area (Å²) in [7, 11) is 0. The molecule has 1 fully saturated rings. The van der Waals surface area contributed by atoms with E-state index in [0.717, 1.165) is 3.57 Å². The second-order valence-corrected chi connectivity index (χ2v) is 4.87. The Morgan fingerprint density at radius 1 is 1.57 bits per heavy atom. The molecule has 5 heteroatoms. The topological polar surface area (TPSA) is 27.1 Å². The lowest BCUT2D eigenvalue weighted by atomic mass is 9.97. The maximum atomic E-state index is 14.1. The summed E-state index contributed by atoms with van der Waals surface area (Å²) in [5.74, 6) is 0. The van der Waals surface area contributed by atoms with Crippen LogP contribution in [0.15, 0.2) is 12.4 Å². The minimum Gasteiger partial charge on any atom is -0.381 e. The molecule has 78 valence electrons. The molecular weight excluding hydrogens is 298 g/mol. The van der Waals surface area contributed by atoms with Crippen LogP contribution in [0.25, 0.3) is 0 Å². The van der Waals surface area contributed by atoms with E-state index in [1.807, 2.05) is 6.20 Å². The highest BCUT2D eigenvalue weighted by Gasteiger charge is 2.32. The minimum absolute atomic E-state index is 0.347. The van der Waals surface area contributed by atoms with E-state index < -0.39 is 5.67 Å². The van der Waals surface area contributed by atoms with Crippen LogP contribution in [-0.4, -0.2) is 28.7 Å². The van der Waals surface area contributed by atoms with Crippen molar-refractivity contribution >= 4 is 22.6 Å². The van der Waals surface area contributed by atoms with Crippen LogP contribution in [0.3, 0.4) is 0 Å². The quantitative estimate of drug-likeness (QED) is 0.781. The zero-order chi connectivity index (χ0) is 10.0. The zero-order valence-corrected chi connectivity index (χ0v) is 9.91. The monoisotopic (exact) mass is 310 g/mol. The van der Waals surface area contributed by atoms with Crippen LogP contribution in [-0.2, 0) is 11.3 Å². The zero-order valence-electron chi connectivity index (χ0n) is 7.75. The molecule has 0 N–H and O–H groups in total. The Kier molecular flexibility index (Phi) is 3.06. The summed E-state index contributed by atoms with van der Waals surface area (Å²) in [4.78, 5) is 0. The number of rotatable bonds is 2. The van der Waals surface area contributed by atoms with Crippen LogP contribution in [0.2, 0.25) is 0 Å². The lowest BCUT2D eigenvalue weighted by Gasteiger charge is -2.29. The van der Waals surface area contributed by atoms with Gasteiger partial charge in [0.15, 0.2) is 0 Å². The fourth-order valence-corrected chi connectivity index (χ4v) is 2.06. The van der Waals surface area contributed by atoms with Gasteiger partial charge in [-0.1, -0.05) is 0 Å². The molecule has 1 aliphatic rings. The highest BCUT2D eigenvalue weighted by Crippen LogP contribution is 2.26. The molecule has 14 heavy (non-hydrogen) atoms. The van der Waals surface area contributed by atoms with E-state index >= 15 is 0 Å². The normalized spacial score (nSPS) is 21.0. The lowest BCUT2D eigenvalue weighted by molar-refractivity contribution is -0.0194. The first-order valence-corrected chi connectivity index (χ1v) is 5.70. The van der Waals surface area contributed by atoms with Crippen LogP contribution in [0.4, 0.5) is 4.39 Å². The van der Waals surface area contributed by atoms with Crippen molar-refractivity contribution < 1.29 is 9.13 Å². The molecule has 0 amide bonds. The van der Waals surface area contributed by atoms with Gasteiger partial charge in [0.25, 0.3) is 0 Å². The highest BCUT2D eigenvalue weighted by molar-refractivity contribution is 14.1. The van der Waals surface area contributed by atoms with Gasteiger partial charge in [-0.3, -0.25) is 4.68 Å². The predicted molar refractivity (Wildman–Crippen MR) is 58.8 cm³/mol. The number of aromatic nitrogens is 2. The molecule has 1 aromatic heterocycles. The average Bonchev–Trinajstić information content (AvgIpc) is 2.51. The average molecular weight is 310 g/mol. The largest absolute Gasteiger partial charge is 0.381 e. The van der Waals surface area contributed by atoms with Crippen LogP contribution in [0.5, 0.6) is 0 Å². The number of ether oxygens (including phenoxy) is 1. The molecular formula is C9H12FIN2O. The smallest absolute Gasteiger partial charge is 0.134 e. The van der Waals surface area contributed by atoms with Crippen molar-refractivity contribution in [3.63, 3.8) is 0 Å². The van der Waals surface area contributed by atoms with E-state index in [2.05, 4.69) is 27.7 Å². The third-order valence-electron chi connectivity index (χ3n) is 2.44. The van der Waals surface area contributed by atoms with Crippen molar-refractivity contribution in [1.29, 1.82) is 0 Å². The molecule has 2 heterocycles. The van der Waals surface area contributed by atoms with E-state index in [1.54, 1.807) is 10.9 Å². The first-order chi connectivity index (χ1) is 6.68. The van der Waals surface area contributed by atoms with Crippen LogP contribution < -0.4 is 0 Å². The molecule has 0 aromatic carbocycles. The standard InChI is InChI=1S/C9H12FIN2O/c10-9(1-3-14-4-2-9)7-13-6-8(11)5-12-13/h5-6H,1-4,7H2. The number of halogens is 2. The van der Waals surface area contributed by atoms with Crippen LogP contribution in [0.1, 0.15) is 12.8 Å². The molecule has 0 spiro atoms. The predicted octanol–water partition coefficient (Wildman–Crippen LogP) is 2.01. The van der Waals surface area contributed by atoms with Gasteiger partial charge >= 0.3 is 0 Å². The van der Waals surface area contributed by atoms with Gasteiger partial charge in [-0.25, -0.2) is 4.39 Å². The molecule has 3 nitrogen and oxygen atoms in total. The Morgan fingerprint density at radius 3 is 2.86 bits per heavy atom. The van der Waals surface area contributed by atoms with Gasteiger partial charge in [-0.15, -0.1) is 0 Å². The van der Waals surface area contributed by atoms with Gasteiger partial charge in [-0.2, -0.15) is 5.10 Å². The molecule has 2 rings (SSSR count). The summed E-state index contributed by atoms with van der Waals surface area (Å²) in [6.45, 7) is 1.39. The second kappa shape index (κ2) is 4.14. The summed E-state index contributed by atoms with van der Waals surface area (Å²) < 4.78 is 22.0. The van der Waals surface area contributed by atoms with E-state index in [4.69, 9.17) is 4.74 Å². The van der Waals surface area contributed by atoms with Gasteiger partial charge in [0.05, 0.1) is 16.3 Å². The van der Waals surface area contributed by atoms with Gasteiger partial charge in [0.2, 0.25) is 0 Å². The maximum absolute atomic E-state index is 14.1. The first kappa shape index (κ1) is 10.4. The SMILES string of the molecule is FC1(Cn2cc(I)cn2)CCOCC1. The summed E-state index contributed by atoms with van der Waals surface area (Å²) >= 11 is 2.17. The van der Waals surface area contributed by atoms with Crippen LogP contribution >= 0.6 is 22.6 Å². The minimum atomic E-state index is -1.13. The lowest BCUT2D eigenvalue weighted by Crippen LogP contribution is -2.36. The Hall–Kier alpha value is -0.170. The molecule has 0 radical (unpaired) electrons. The van der Waals surface area contributed by atoms with Crippen molar-refractivity contribution in [2.45, 2.75) is 25.1 Å². The number of hydrogen-bond acceptors (Lipinski definition) is 2. The third-order valence-corrected chi connectivity index (χ3v) is 2.99. The molecule has 0 aliphatic carbocycles. The van der Waals surface area contributed by atoms with E-state index in [-0.39, 0.29) is 0 Å². The third kappa shape index (κ3) is 2.44. The van der Waals surface area contributed by atoms with Gasteiger partial charge in [0.1, 0.15) is 5.67 Å². The second-order valence-electron chi connectivity index (χ2n) is 3.62. The van der Waals surface area contributed by atoms with Crippen molar-refractivity contribution in [2.75, 3.05) is 13.2 Å². The maximum Gasteiger partial charge on any atom is 0.134 e. The highest BCUT2D eigenvalue weighted by atomic mass is 127. The van der Waals surface area contributed by atoms with Gasteiger partial charge in [-0.05, 0) is 22.6 Å². The van der Waals surface area contributed by atoms with Crippen molar-refractivity contribution in [1.82, 2.24) is 9.78 Å². The molecule has 1 saturated heterocycles. The van der Waals surface area contributed by atoms with Crippen molar-refractivity contribution in [3.8, 4) is 0 Å². The Morgan fingerprint density at radius 2 is 2.29 bits per heavy atom. The van der Waals surface area contributed by atoms with Gasteiger partial charge < -0.3 is 4.74 Å². The Bertz CT molecular complexity index is 310. The number of nitrogens with zero attached hydrogens (tertiary/aromatic N) is 2. The Labute approximate surface area is 95.8 Å². The van der Waals surface area contributed by atoms with Crippen molar-refractivity contribution in [3.05, 3.63) is 16.0 Å². The molecule has 0 atom stereocenters. The summed E-state index contributed by atoms with van der Waals surface area (Å²) in [5, 5.41) is 4.08. The summed E-state index contributed by atoms with van der Waals surface area (Å²) in [6.07, 6.45) is 4.55. The van der Waals surface area contributed by atoms with E-state index in [0.29, 0.717) is 32.6 Å². The fourth-order valence-electron chi connectivity index (χ4n) is 1.61. The van der Waals surface area contributed by atoms with Crippen LogP contribution in [0, 0.1) is 3.57 Å². The van der Waals surface area contributed by atoms with Gasteiger partial charge in [0, 0.05) is 32.3 Å². The molecule has 0 bridgehead atoms. The van der Waals surface area contributed by atoms with E-state index in [1.165, 1.54) is 0 Å². The molecule has 0 unspecified atom stereocenters. The first-order valence-electron chi connectivity index (χ1n) is 4.63. The van der Waals surface area contributed by atoms with E-state index in [9.17, 15) is 4.39 Å². The summed E-state index contributed by atoms with van der Waals surface area (Å²) in [6, 6.07) is 0. The molecule has 1 aromatic rings. The Balaban J connectivity index is 2.01. The number of alkyl halides is 1. The summed E-state index contributed by atoms with van der Waals surface area (Å²) in [5.41, 5.74) is -1.13. The number of hydrogen-bond donors (Lipinski definition) is 0. The molecule has 0 saturated carbocycles. The fraction of sp³-hybridized carbons (Fsp3) is 0.667. The molecule has 1 aliphatic heterocycles. The van der Waals surface area contributed by atoms with Crippen molar-refractivity contribution in [2.24, 2.45) is 0 Å².